The predicted octanol–water partition coefficient (Wildman–Crippen LogP) is 4.95. The van der Waals surface area contributed by atoms with Crippen molar-refractivity contribution in [3.63, 3.8) is 0 Å². The van der Waals surface area contributed by atoms with Crippen LogP contribution in [0.25, 0.3) is 0 Å². The molecule has 4 aromatic rings. The Morgan fingerprint density at radius 2 is 1.06 bits per heavy atom. The molecule has 0 aliphatic heterocycles. The Kier molecular flexibility index (Phi) is 6.16. The van der Waals surface area contributed by atoms with E-state index < -0.39 is 13.4 Å². The van der Waals surface area contributed by atoms with E-state index >= 15 is 0 Å². The molecule has 0 amide bonds. The third-order valence-corrected chi connectivity index (χ3v) is 8.86. The van der Waals surface area contributed by atoms with Gasteiger partial charge in [-0.15, -0.1) is 0 Å². The van der Waals surface area contributed by atoms with Crippen molar-refractivity contribution in [2.75, 3.05) is 0 Å². The number of phenolic OH excluding ortho intramolecular Hbond substituents is 1. The second kappa shape index (κ2) is 9.16. The fraction of sp³-hybridized carbons (Fsp3) is 0.0741. The zero-order chi connectivity index (χ0) is 21.7. The van der Waals surface area contributed by atoms with Gasteiger partial charge in [0.1, 0.15) is 21.7 Å². The number of benzene rings is 4. The van der Waals surface area contributed by atoms with Crippen LogP contribution in [0.4, 0.5) is 0 Å². The molecule has 3 nitrogen and oxygen atoms in total. The van der Waals surface area contributed by atoms with E-state index in [0.29, 0.717) is 0 Å². The summed E-state index contributed by atoms with van der Waals surface area (Å²) in [6.07, 6.45) is 0. The number of hydrogen-bond acceptors (Lipinski definition) is 3. The Bertz CT molecular complexity index is 1030. The molecular formula is C27H24O3P+. The summed E-state index contributed by atoms with van der Waals surface area (Å²) < 4.78 is 6.55. The Labute approximate surface area is 183 Å². The maximum Gasteiger partial charge on any atom is 0.358 e. The van der Waals surface area contributed by atoms with Crippen LogP contribution in [0.3, 0.4) is 0 Å². The van der Waals surface area contributed by atoms with Gasteiger partial charge in [-0.25, -0.2) is 4.79 Å². The van der Waals surface area contributed by atoms with Gasteiger partial charge in [-0.2, -0.15) is 0 Å². The highest BCUT2D eigenvalue weighted by Gasteiger charge is 2.51. The lowest BCUT2D eigenvalue weighted by atomic mass is 10.0. The number of hydrogen-bond donors (Lipinski definition) is 1. The van der Waals surface area contributed by atoms with Crippen LogP contribution in [-0.4, -0.2) is 11.1 Å². The fourth-order valence-electron chi connectivity index (χ4n) is 3.63. The fourth-order valence-corrected chi connectivity index (χ4v) is 7.05. The average molecular weight is 427 g/mol. The zero-order valence-corrected chi connectivity index (χ0v) is 18.2. The molecule has 154 valence electrons. The minimum atomic E-state index is -2.69. The molecule has 0 aliphatic rings. The summed E-state index contributed by atoms with van der Waals surface area (Å²) in [5, 5.41) is 12.6. The van der Waals surface area contributed by atoms with E-state index in [0.717, 1.165) is 21.5 Å². The van der Waals surface area contributed by atoms with Crippen molar-refractivity contribution in [3.05, 3.63) is 121 Å². The van der Waals surface area contributed by atoms with Gasteiger partial charge >= 0.3 is 5.97 Å². The van der Waals surface area contributed by atoms with Gasteiger partial charge in [-0.3, -0.25) is 4.52 Å². The minimum Gasteiger partial charge on any atom is -0.508 e. The minimum absolute atomic E-state index is 0.170. The van der Waals surface area contributed by atoms with Crippen LogP contribution in [0.2, 0.25) is 0 Å². The monoisotopic (exact) mass is 427 g/mol. The van der Waals surface area contributed by atoms with E-state index in [-0.39, 0.29) is 11.7 Å². The molecule has 1 N–H and O–H groups in total. The molecule has 0 radical (unpaired) electrons. The second-order valence-electron chi connectivity index (χ2n) is 7.34. The average Bonchev–Trinajstić information content (AvgIpc) is 2.84. The molecule has 0 saturated heterocycles. The second-order valence-corrected chi connectivity index (χ2v) is 10.3. The van der Waals surface area contributed by atoms with Crippen LogP contribution in [0.5, 0.6) is 5.75 Å². The summed E-state index contributed by atoms with van der Waals surface area (Å²) in [5.74, 6) is -0.601. The lowest BCUT2D eigenvalue weighted by Gasteiger charge is -2.26. The van der Waals surface area contributed by atoms with Crippen LogP contribution < -0.4 is 15.9 Å². The number of carbonyl (C=O) groups is 1. The summed E-state index contributed by atoms with van der Waals surface area (Å²) in [7, 11) is -2.69. The SMILES string of the molecule is CC(C(=O)O[P+](c1ccccc1)(c1ccccc1)c1ccccc1)c1ccc(O)cc1. The van der Waals surface area contributed by atoms with Gasteiger partial charge in [0.2, 0.25) is 0 Å². The number of phenols is 1. The first-order valence-corrected chi connectivity index (χ1v) is 11.9. The summed E-state index contributed by atoms with van der Waals surface area (Å²) in [4.78, 5) is 13.5. The summed E-state index contributed by atoms with van der Waals surface area (Å²) in [6.45, 7) is 1.84. The Hall–Kier alpha value is -3.42. The van der Waals surface area contributed by atoms with Crippen molar-refractivity contribution < 1.29 is 14.4 Å². The highest BCUT2D eigenvalue weighted by atomic mass is 31.2. The lowest BCUT2D eigenvalue weighted by Crippen LogP contribution is -2.35. The molecule has 0 heterocycles. The van der Waals surface area contributed by atoms with Gasteiger partial charge < -0.3 is 5.11 Å². The summed E-state index contributed by atoms with van der Waals surface area (Å²) >= 11 is 0. The molecule has 0 bridgehead atoms. The first-order chi connectivity index (χ1) is 15.1. The maximum absolute atomic E-state index is 13.5. The van der Waals surface area contributed by atoms with Crippen molar-refractivity contribution in [2.45, 2.75) is 12.8 Å². The van der Waals surface area contributed by atoms with E-state index in [9.17, 15) is 9.90 Å². The molecule has 0 saturated carbocycles. The van der Waals surface area contributed by atoms with E-state index in [4.69, 9.17) is 4.52 Å². The van der Waals surface area contributed by atoms with Gasteiger partial charge in [0, 0.05) is 0 Å². The van der Waals surface area contributed by atoms with Crippen LogP contribution in [0.1, 0.15) is 18.4 Å². The quantitative estimate of drug-likeness (QED) is 0.443. The molecule has 1 unspecified atom stereocenters. The third kappa shape index (κ3) is 4.23. The van der Waals surface area contributed by atoms with Crippen LogP contribution >= 0.6 is 7.49 Å². The summed E-state index contributed by atoms with van der Waals surface area (Å²) in [5.41, 5.74) is 0.801. The maximum atomic E-state index is 13.5. The molecule has 0 spiro atoms. The molecule has 0 fully saturated rings. The third-order valence-electron chi connectivity index (χ3n) is 5.33. The van der Waals surface area contributed by atoms with Crippen molar-refractivity contribution in [3.8, 4) is 5.75 Å². The van der Waals surface area contributed by atoms with Gasteiger partial charge in [-0.05, 0) is 61.0 Å². The van der Waals surface area contributed by atoms with E-state index in [1.165, 1.54) is 0 Å². The first kappa shape index (κ1) is 20.8. The van der Waals surface area contributed by atoms with Gasteiger partial charge in [0.05, 0.1) is 5.92 Å². The molecule has 4 aromatic carbocycles. The zero-order valence-electron chi connectivity index (χ0n) is 17.3. The normalized spacial score (nSPS) is 12.2. The lowest BCUT2D eigenvalue weighted by molar-refractivity contribution is -0.135. The van der Waals surface area contributed by atoms with Crippen molar-refractivity contribution in [1.82, 2.24) is 0 Å². The Balaban J connectivity index is 1.86. The molecule has 0 aliphatic carbocycles. The smallest absolute Gasteiger partial charge is 0.358 e. The molecule has 0 aromatic heterocycles. The molecule has 31 heavy (non-hydrogen) atoms. The highest BCUT2D eigenvalue weighted by molar-refractivity contribution is 7.92. The standard InChI is InChI=1S/C27H23O3P/c1-21(22-17-19-23(28)20-18-22)27(29)30-31(24-11-5-2-6-12-24,25-13-7-3-8-14-25)26-15-9-4-10-16-26/h2-21H,1H3/p+1. The van der Waals surface area contributed by atoms with E-state index in [1.54, 1.807) is 24.3 Å². The van der Waals surface area contributed by atoms with E-state index in [1.807, 2.05) is 97.9 Å². The predicted molar refractivity (Wildman–Crippen MR) is 128 cm³/mol. The number of rotatable bonds is 6. The van der Waals surface area contributed by atoms with Crippen LogP contribution in [0, 0.1) is 0 Å². The number of carbonyl (C=O) groups excluding carboxylic acids is 1. The topological polar surface area (TPSA) is 46.5 Å². The van der Waals surface area contributed by atoms with Gasteiger partial charge in [0.15, 0.2) is 0 Å². The van der Waals surface area contributed by atoms with Gasteiger partial charge in [0.25, 0.3) is 7.49 Å². The number of aromatic hydroxyl groups is 1. The Morgan fingerprint density at radius 1 is 0.677 bits per heavy atom. The van der Waals surface area contributed by atoms with Crippen molar-refractivity contribution >= 4 is 29.4 Å². The van der Waals surface area contributed by atoms with Crippen molar-refractivity contribution in [2.24, 2.45) is 0 Å². The Morgan fingerprint density at radius 3 is 1.45 bits per heavy atom. The van der Waals surface area contributed by atoms with Crippen molar-refractivity contribution in [1.29, 1.82) is 0 Å². The van der Waals surface area contributed by atoms with Gasteiger partial charge in [-0.1, -0.05) is 66.7 Å². The summed E-state index contributed by atoms with van der Waals surface area (Å²) in [6, 6.07) is 36.7. The largest absolute Gasteiger partial charge is 0.508 e. The van der Waals surface area contributed by atoms with E-state index in [2.05, 4.69) is 0 Å². The first-order valence-electron chi connectivity index (χ1n) is 10.2. The molecule has 4 rings (SSSR count). The molecule has 4 heteroatoms. The highest BCUT2D eigenvalue weighted by Crippen LogP contribution is 2.57. The molecule has 1 atom stereocenters. The molecular weight excluding hydrogens is 403 g/mol. The van der Waals surface area contributed by atoms with Crippen LogP contribution in [-0.2, 0) is 9.32 Å². The van der Waals surface area contributed by atoms with Crippen LogP contribution in [0.15, 0.2) is 115 Å².